The Morgan fingerprint density at radius 2 is 1.87 bits per heavy atom. The number of primary amides is 1. The first kappa shape index (κ1) is 19.7. The molecule has 1 aliphatic heterocycles. The van der Waals surface area contributed by atoms with E-state index in [9.17, 15) is 9.59 Å². The van der Waals surface area contributed by atoms with Crippen LogP contribution in [-0.2, 0) is 11.2 Å². The maximum absolute atomic E-state index is 12.9. The summed E-state index contributed by atoms with van der Waals surface area (Å²) in [7, 11) is 0. The smallest absolute Gasteiger partial charge is 0.274 e. The van der Waals surface area contributed by atoms with Crippen molar-refractivity contribution < 1.29 is 9.59 Å². The number of benzene rings is 1. The van der Waals surface area contributed by atoms with Gasteiger partial charge in [-0.1, -0.05) is 30.3 Å². The number of amides is 2. The van der Waals surface area contributed by atoms with Crippen LogP contribution >= 0.6 is 0 Å². The van der Waals surface area contributed by atoms with Crippen LogP contribution in [0, 0.1) is 5.41 Å². The number of nitrogens with zero attached hydrogens (tertiary/aromatic N) is 4. The lowest BCUT2D eigenvalue weighted by Gasteiger charge is -2.40. The third-order valence-electron chi connectivity index (χ3n) is 5.63. The molecule has 3 aromatic rings. The monoisotopic (exact) mass is 401 g/mol. The van der Waals surface area contributed by atoms with E-state index in [1.54, 1.807) is 11.1 Å². The van der Waals surface area contributed by atoms with Gasteiger partial charge in [0.15, 0.2) is 0 Å². The van der Waals surface area contributed by atoms with Crippen LogP contribution in [0.1, 0.15) is 28.9 Å². The molecule has 0 unspecified atom stereocenters. The lowest BCUT2D eigenvalue weighted by Crippen LogP contribution is -2.53. The molecule has 2 N–H and O–H groups in total. The molecule has 1 saturated heterocycles. The molecule has 0 bridgehead atoms. The summed E-state index contributed by atoms with van der Waals surface area (Å²) in [6, 6.07) is 11.9. The summed E-state index contributed by atoms with van der Waals surface area (Å²) in [6.07, 6.45) is 9.82. The molecule has 0 spiro atoms. The molecule has 7 heteroatoms. The number of nitrogens with two attached hydrogens (primary N) is 1. The Kier molecular flexibility index (Phi) is 5.52. The second-order valence-electron chi connectivity index (χ2n) is 7.68. The van der Waals surface area contributed by atoms with Crippen LogP contribution in [0.2, 0.25) is 0 Å². The van der Waals surface area contributed by atoms with Crippen molar-refractivity contribution in [3.05, 3.63) is 78.6 Å². The first-order valence-corrected chi connectivity index (χ1v) is 9.92. The number of piperidine rings is 1. The summed E-state index contributed by atoms with van der Waals surface area (Å²) in [5.41, 5.74) is 8.39. The van der Waals surface area contributed by atoms with Gasteiger partial charge in [-0.3, -0.25) is 19.6 Å². The van der Waals surface area contributed by atoms with Crippen LogP contribution in [-0.4, -0.2) is 44.8 Å². The summed E-state index contributed by atoms with van der Waals surface area (Å²) in [5.74, 6) is -0.608. The third-order valence-corrected chi connectivity index (χ3v) is 5.63. The number of likely N-dealkylation sites (tertiary alicyclic amines) is 1. The molecule has 4 rings (SSSR count). The molecular weight excluding hydrogens is 378 g/mol. The SMILES string of the molecule is NC(=O)[C@]1(Cc2cccc(-c3cccnc3)c2)CCCN(C(=O)c2cnccn2)C1. The highest BCUT2D eigenvalue weighted by molar-refractivity contribution is 5.93. The van der Waals surface area contributed by atoms with Crippen molar-refractivity contribution in [2.75, 3.05) is 13.1 Å². The number of carbonyl (C=O) groups is 2. The van der Waals surface area contributed by atoms with Gasteiger partial charge in [-0.25, -0.2) is 4.98 Å². The summed E-state index contributed by atoms with van der Waals surface area (Å²) in [5, 5.41) is 0. The predicted molar refractivity (Wildman–Crippen MR) is 112 cm³/mol. The Labute approximate surface area is 175 Å². The Morgan fingerprint density at radius 3 is 2.60 bits per heavy atom. The average Bonchev–Trinajstić information content (AvgIpc) is 2.80. The summed E-state index contributed by atoms with van der Waals surface area (Å²) < 4.78 is 0. The van der Waals surface area contributed by atoms with Crippen LogP contribution in [0.15, 0.2) is 67.4 Å². The van der Waals surface area contributed by atoms with Gasteiger partial charge in [-0.2, -0.15) is 0 Å². The van der Waals surface area contributed by atoms with E-state index in [1.165, 1.54) is 18.6 Å². The van der Waals surface area contributed by atoms with E-state index in [0.717, 1.165) is 16.7 Å². The van der Waals surface area contributed by atoms with Gasteiger partial charge in [0.1, 0.15) is 5.69 Å². The van der Waals surface area contributed by atoms with Gasteiger partial charge < -0.3 is 10.6 Å². The minimum absolute atomic E-state index is 0.225. The highest BCUT2D eigenvalue weighted by atomic mass is 16.2. The first-order chi connectivity index (χ1) is 14.6. The van der Waals surface area contributed by atoms with Gasteiger partial charge in [-0.15, -0.1) is 0 Å². The summed E-state index contributed by atoms with van der Waals surface area (Å²) in [4.78, 5) is 39.4. The van der Waals surface area contributed by atoms with E-state index in [0.29, 0.717) is 25.8 Å². The van der Waals surface area contributed by atoms with E-state index in [4.69, 9.17) is 5.73 Å². The number of pyridine rings is 1. The van der Waals surface area contributed by atoms with Crippen LogP contribution < -0.4 is 5.73 Å². The molecule has 2 aromatic heterocycles. The maximum atomic E-state index is 12.9. The van der Waals surface area contributed by atoms with Gasteiger partial charge in [0.25, 0.3) is 5.91 Å². The Balaban J connectivity index is 1.59. The standard InChI is InChI=1S/C23H23N5O2/c24-22(30)23(7-3-11-28(16-23)21(29)20-15-26-9-10-27-20)13-17-4-1-5-18(12-17)19-6-2-8-25-14-19/h1-2,4-6,8-10,12,14-15H,3,7,11,13,16H2,(H2,24,30)/t23-/m0/s1. The van der Waals surface area contributed by atoms with Gasteiger partial charge in [0.05, 0.1) is 11.6 Å². The van der Waals surface area contributed by atoms with Gasteiger partial charge in [-0.05, 0) is 42.0 Å². The molecule has 152 valence electrons. The van der Waals surface area contributed by atoms with Crippen molar-refractivity contribution in [1.82, 2.24) is 19.9 Å². The van der Waals surface area contributed by atoms with Crippen LogP contribution in [0.3, 0.4) is 0 Å². The zero-order chi connectivity index (χ0) is 21.0. The minimum atomic E-state index is -0.816. The van der Waals surface area contributed by atoms with Crippen LogP contribution in [0.25, 0.3) is 11.1 Å². The molecule has 1 atom stereocenters. The van der Waals surface area contributed by atoms with Crippen molar-refractivity contribution in [3.63, 3.8) is 0 Å². The number of aromatic nitrogens is 3. The first-order valence-electron chi connectivity index (χ1n) is 9.92. The Hall–Kier alpha value is -3.61. The highest BCUT2D eigenvalue weighted by Gasteiger charge is 2.42. The van der Waals surface area contributed by atoms with E-state index in [2.05, 4.69) is 21.0 Å². The number of hydrogen-bond donors (Lipinski definition) is 1. The maximum Gasteiger partial charge on any atom is 0.274 e. The quantitative estimate of drug-likeness (QED) is 0.708. The predicted octanol–water partition coefficient (Wildman–Crippen LogP) is 2.49. The second kappa shape index (κ2) is 8.41. The zero-order valence-electron chi connectivity index (χ0n) is 16.6. The van der Waals surface area contributed by atoms with E-state index < -0.39 is 5.41 Å². The van der Waals surface area contributed by atoms with Crippen molar-refractivity contribution in [3.8, 4) is 11.1 Å². The summed E-state index contributed by atoms with van der Waals surface area (Å²) >= 11 is 0. The topological polar surface area (TPSA) is 102 Å². The van der Waals surface area contributed by atoms with Crippen molar-refractivity contribution in [2.24, 2.45) is 11.1 Å². The molecule has 1 fully saturated rings. The third kappa shape index (κ3) is 4.05. The fourth-order valence-corrected chi connectivity index (χ4v) is 4.09. The minimum Gasteiger partial charge on any atom is -0.369 e. The number of rotatable bonds is 5. The molecular formula is C23H23N5O2. The lowest BCUT2D eigenvalue weighted by molar-refractivity contribution is -0.130. The van der Waals surface area contributed by atoms with Gasteiger partial charge in [0, 0.05) is 37.9 Å². The molecule has 0 radical (unpaired) electrons. The molecule has 1 aliphatic rings. The molecule has 30 heavy (non-hydrogen) atoms. The fourth-order valence-electron chi connectivity index (χ4n) is 4.09. The molecule has 2 amide bonds. The fraction of sp³-hybridized carbons (Fsp3) is 0.261. The normalized spacial score (nSPS) is 18.7. The van der Waals surface area contributed by atoms with Crippen molar-refractivity contribution in [1.29, 1.82) is 0 Å². The van der Waals surface area contributed by atoms with E-state index in [-0.39, 0.29) is 24.1 Å². The number of carbonyl (C=O) groups excluding carboxylic acids is 2. The molecule has 0 aliphatic carbocycles. The molecule has 0 saturated carbocycles. The van der Waals surface area contributed by atoms with E-state index >= 15 is 0 Å². The van der Waals surface area contributed by atoms with Gasteiger partial charge >= 0.3 is 0 Å². The molecule has 1 aromatic carbocycles. The van der Waals surface area contributed by atoms with Gasteiger partial charge in [0.2, 0.25) is 5.91 Å². The Bertz CT molecular complexity index is 1040. The lowest BCUT2D eigenvalue weighted by atomic mass is 9.74. The summed E-state index contributed by atoms with van der Waals surface area (Å²) in [6.45, 7) is 0.842. The van der Waals surface area contributed by atoms with E-state index in [1.807, 2.05) is 36.5 Å². The average molecular weight is 401 g/mol. The number of hydrogen-bond acceptors (Lipinski definition) is 5. The Morgan fingerprint density at radius 1 is 1.03 bits per heavy atom. The zero-order valence-corrected chi connectivity index (χ0v) is 16.6. The van der Waals surface area contributed by atoms with Crippen molar-refractivity contribution in [2.45, 2.75) is 19.3 Å². The second-order valence-corrected chi connectivity index (χ2v) is 7.68. The largest absolute Gasteiger partial charge is 0.369 e. The van der Waals surface area contributed by atoms with Crippen LogP contribution in [0.5, 0.6) is 0 Å². The molecule has 3 heterocycles. The molecule has 7 nitrogen and oxygen atoms in total. The highest BCUT2D eigenvalue weighted by Crippen LogP contribution is 2.35. The van der Waals surface area contributed by atoms with Crippen LogP contribution in [0.4, 0.5) is 0 Å². The van der Waals surface area contributed by atoms with Crippen molar-refractivity contribution >= 4 is 11.8 Å².